The van der Waals surface area contributed by atoms with Crippen molar-refractivity contribution >= 4 is 37.5 Å². The number of alkyl halides is 3. The molecule has 0 fully saturated rings. The highest BCUT2D eigenvalue weighted by molar-refractivity contribution is 9.28. The van der Waals surface area contributed by atoms with Crippen molar-refractivity contribution in [2.75, 3.05) is 19.0 Å². The van der Waals surface area contributed by atoms with Gasteiger partial charge in [0.1, 0.15) is 12.4 Å². The molecule has 0 aliphatic rings. The third-order valence-electron chi connectivity index (χ3n) is 2.11. The van der Waals surface area contributed by atoms with Crippen LogP contribution in [0.2, 0.25) is 0 Å². The molecule has 1 rings (SSSR count). The topological polar surface area (TPSA) is 21.3 Å². The number of hydrogen-bond donors (Lipinski definition) is 1. The van der Waals surface area contributed by atoms with Gasteiger partial charge < -0.3 is 10.1 Å². The van der Waals surface area contributed by atoms with E-state index in [0.717, 1.165) is 12.1 Å². The van der Waals surface area contributed by atoms with Gasteiger partial charge in [-0.1, -0.05) is 0 Å². The van der Waals surface area contributed by atoms with Crippen molar-refractivity contribution in [3.63, 3.8) is 0 Å². The van der Waals surface area contributed by atoms with Crippen LogP contribution >= 0.6 is 31.9 Å². The molecule has 19 heavy (non-hydrogen) atoms. The molecule has 0 aliphatic carbocycles. The van der Waals surface area contributed by atoms with Crippen LogP contribution in [0.4, 0.5) is 23.2 Å². The van der Waals surface area contributed by atoms with Crippen LogP contribution in [0.3, 0.4) is 0 Å². The lowest BCUT2D eigenvalue weighted by Gasteiger charge is -2.15. The maximum absolute atomic E-state index is 13.6. The van der Waals surface area contributed by atoms with E-state index in [1.165, 1.54) is 13.1 Å². The number of anilines is 1. The van der Waals surface area contributed by atoms with E-state index in [4.69, 9.17) is 4.74 Å². The molecule has 0 atom stereocenters. The fourth-order valence-electron chi connectivity index (χ4n) is 1.34. The fourth-order valence-corrected chi connectivity index (χ4v) is 1.61. The van der Waals surface area contributed by atoms with Crippen molar-refractivity contribution in [3.05, 3.63) is 33.0 Å². The summed E-state index contributed by atoms with van der Waals surface area (Å²) >= 11 is 6.13. The van der Waals surface area contributed by atoms with Crippen molar-refractivity contribution < 1.29 is 22.3 Å². The summed E-state index contributed by atoms with van der Waals surface area (Å²) in [6.07, 6.45) is -3.14. The first-order chi connectivity index (χ1) is 8.75. The number of hydrogen-bond acceptors (Lipinski definition) is 2. The van der Waals surface area contributed by atoms with E-state index in [0.29, 0.717) is 3.39 Å². The zero-order valence-electron chi connectivity index (χ0n) is 9.62. The normalized spacial score (nSPS) is 11.1. The first-order valence-electron chi connectivity index (χ1n) is 4.98. The summed E-state index contributed by atoms with van der Waals surface area (Å²) in [5.74, 6) is -1.21. The Morgan fingerprint density at radius 2 is 2.00 bits per heavy atom. The van der Waals surface area contributed by atoms with E-state index in [1.807, 2.05) is 0 Å². The van der Waals surface area contributed by atoms with Crippen LogP contribution in [0, 0.1) is 5.82 Å². The summed E-state index contributed by atoms with van der Waals surface area (Å²) < 4.78 is 57.4. The Balaban J connectivity index is 3.10. The van der Waals surface area contributed by atoms with Gasteiger partial charge in [0.2, 0.25) is 0 Å². The maximum Gasteiger partial charge on any atom is 0.418 e. The first kappa shape index (κ1) is 16.3. The largest absolute Gasteiger partial charge is 0.489 e. The number of nitrogens with one attached hydrogen (secondary N) is 1. The second kappa shape index (κ2) is 6.60. The summed E-state index contributed by atoms with van der Waals surface area (Å²) in [5, 5.41) is 2.19. The Morgan fingerprint density at radius 3 is 2.47 bits per heavy atom. The molecule has 0 unspecified atom stereocenters. The number of rotatable bonds is 4. The molecule has 2 nitrogen and oxygen atoms in total. The van der Waals surface area contributed by atoms with Crippen molar-refractivity contribution in [1.82, 2.24) is 0 Å². The maximum atomic E-state index is 13.6. The molecule has 0 aromatic heterocycles. The van der Waals surface area contributed by atoms with Crippen LogP contribution in [-0.4, -0.2) is 13.7 Å². The van der Waals surface area contributed by atoms with Gasteiger partial charge in [-0.05, 0) is 44.0 Å². The minimum absolute atomic E-state index is 0.00146. The van der Waals surface area contributed by atoms with Gasteiger partial charge in [-0.25, -0.2) is 4.39 Å². The Hall–Kier alpha value is -0.760. The smallest absolute Gasteiger partial charge is 0.418 e. The predicted octanol–water partition coefficient (Wildman–Crippen LogP) is 4.90. The minimum atomic E-state index is -4.66. The molecule has 0 bridgehead atoms. The van der Waals surface area contributed by atoms with E-state index < -0.39 is 23.2 Å². The van der Waals surface area contributed by atoms with Crippen molar-refractivity contribution in [2.45, 2.75) is 6.18 Å². The summed E-state index contributed by atoms with van der Waals surface area (Å²) in [6, 6.07) is 1.65. The van der Waals surface area contributed by atoms with E-state index in [9.17, 15) is 17.6 Å². The summed E-state index contributed by atoms with van der Waals surface area (Å²) in [4.78, 5) is 0. The minimum Gasteiger partial charge on any atom is -0.489 e. The second-order valence-electron chi connectivity index (χ2n) is 3.38. The number of halogens is 6. The number of ether oxygens (including phenoxy) is 1. The van der Waals surface area contributed by atoms with Gasteiger partial charge in [0.15, 0.2) is 5.82 Å². The standard InChI is InChI=1S/C11H9Br2F4NO/c1-18-10-7(11(15,16)17)4-6(5-8(10)14)19-3-2-9(12)13/h2,4-5,18H,3H2,1H3. The van der Waals surface area contributed by atoms with Gasteiger partial charge in [0.05, 0.1) is 14.6 Å². The van der Waals surface area contributed by atoms with Gasteiger partial charge in [-0.15, -0.1) is 0 Å². The Morgan fingerprint density at radius 1 is 1.37 bits per heavy atom. The Kier molecular flexibility index (Phi) is 5.66. The van der Waals surface area contributed by atoms with Gasteiger partial charge in [-0.2, -0.15) is 13.2 Å². The monoisotopic (exact) mass is 405 g/mol. The zero-order valence-corrected chi connectivity index (χ0v) is 12.8. The highest BCUT2D eigenvalue weighted by Crippen LogP contribution is 2.38. The molecule has 0 amide bonds. The van der Waals surface area contributed by atoms with Gasteiger partial charge in [0, 0.05) is 13.1 Å². The molecule has 0 radical (unpaired) electrons. The van der Waals surface area contributed by atoms with Crippen LogP contribution in [0.1, 0.15) is 5.56 Å². The summed E-state index contributed by atoms with van der Waals surface area (Å²) in [5.41, 5.74) is -1.70. The first-order valence-corrected chi connectivity index (χ1v) is 6.56. The lowest BCUT2D eigenvalue weighted by molar-refractivity contribution is -0.137. The van der Waals surface area contributed by atoms with E-state index in [1.54, 1.807) is 0 Å². The van der Waals surface area contributed by atoms with E-state index in [2.05, 4.69) is 37.2 Å². The molecule has 0 aliphatic heterocycles. The average Bonchev–Trinajstić information content (AvgIpc) is 2.26. The predicted molar refractivity (Wildman–Crippen MR) is 72.4 cm³/mol. The van der Waals surface area contributed by atoms with Crippen LogP contribution in [-0.2, 0) is 6.18 Å². The van der Waals surface area contributed by atoms with Gasteiger partial charge >= 0.3 is 6.18 Å². The molecule has 1 aromatic rings. The fraction of sp³-hybridized carbons (Fsp3) is 0.273. The van der Waals surface area contributed by atoms with Crippen LogP contribution in [0.15, 0.2) is 21.6 Å². The zero-order chi connectivity index (χ0) is 14.6. The molecule has 1 N–H and O–H groups in total. The Bertz CT molecular complexity index is 484. The third-order valence-corrected chi connectivity index (χ3v) is 2.75. The van der Waals surface area contributed by atoms with Gasteiger partial charge in [-0.3, -0.25) is 0 Å². The van der Waals surface area contributed by atoms with Crippen molar-refractivity contribution in [3.8, 4) is 5.75 Å². The highest BCUT2D eigenvalue weighted by Gasteiger charge is 2.35. The van der Waals surface area contributed by atoms with Crippen LogP contribution in [0.25, 0.3) is 0 Å². The molecule has 0 saturated carbocycles. The van der Waals surface area contributed by atoms with Crippen molar-refractivity contribution in [1.29, 1.82) is 0 Å². The van der Waals surface area contributed by atoms with Crippen LogP contribution < -0.4 is 10.1 Å². The average molecular weight is 407 g/mol. The quantitative estimate of drug-likeness (QED) is 0.718. The second-order valence-corrected chi connectivity index (χ2v) is 6.15. The third kappa shape index (κ3) is 4.68. The lowest BCUT2D eigenvalue weighted by Crippen LogP contribution is -2.11. The molecule has 106 valence electrons. The van der Waals surface area contributed by atoms with Crippen molar-refractivity contribution in [2.24, 2.45) is 0 Å². The SMILES string of the molecule is CNc1c(F)cc(OCC=C(Br)Br)cc1C(F)(F)F. The van der Waals surface area contributed by atoms with E-state index in [-0.39, 0.29) is 12.4 Å². The molecule has 1 aromatic carbocycles. The summed E-state index contributed by atoms with van der Waals surface area (Å²) in [7, 11) is 1.22. The molecule has 0 saturated heterocycles. The molecular weight excluding hydrogens is 398 g/mol. The molecule has 0 spiro atoms. The molecule has 0 heterocycles. The lowest BCUT2D eigenvalue weighted by atomic mass is 10.1. The van der Waals surface area contributed by atoms with E-state index >= 15 is 0 Å². The Labute approximate surface area is 124 Å². The summed E-state index contributed by atoms with van der Waals surface area (Å²) in [6.45, 7) is 0.00146. The van der Waals surface area contributed by atoms with Gasteiger partial charge in [0.25, 0.3) is 0 Å². The molecular formula is C11H9Br2F4NO. The highest BCUT2D eigenvalue weighted by atomic mass is 79.9. The molecule has 8 heteroatoms. The van der Waals surface area contributed by atoms with Crippen LogP contribution in [0.5, 0.6) is 5.75 Å². The number of benzene rings is 1.